The van der Waals surface area contributed by atoms with Crippen LogP contribution in [0.4, 0.5) is 0 Å². The first kappa shape index (κ1) is 13.2. The second-order valence-corrected chi connectivity index (χ2v) is 4.76. The van der Waals surface area contributed by atoms with Gasteiger partial charge in [0, 0.05) is 6.54 Å². The Balaban J connectivity index is 1.82. The van der Waals surface area contributed by atoms with Gasteiger partial charge in [-0.05, 0) is 24.1 Å². The number of hydrogen-bond donors (Lipinski definition) is 2. The molecular weight excluding hydrogens is 264 g/mol. The van der Waals surface area contributed by atoms with Gasteiger partial charge in [-0.3, -0.25) is 9.78 Å². The zero-order valence-electron chi connectivity index (χ0n) is 10.00. The van der Waals surface area contributed by atoms with Crippen LogP contribution >= 0.6 is 11.3 Å². The van der Waals surface area contributed by atoms with E-state index in [4.69, 9.17) is 5.11 Å². The van der Waals surface area contributed by atoms with Crippen LogP contribution in [0.25, 0.3) is 0 Å². The van der Waals surface area contributed by atoms with Crippen molar-refractivity contribution in [1.29, 1.82) is 0 Å². The van der Waals surface area contributed by atoms with Gasteiger partial charge in [0.1, 0.15) is 4.88 Å². The molecule has 0 unspecified atom stereocenters. The van der Waals surface area contributed by atoms with E-state index in [1.54, 1.807) is 29.8 Å². The number of amides is 1. The van der Waals surface area contributed by atoms with Crippen LogP contribution in [0.3, 0.4) is 0 Å². The maximum atomic E-state index is 11.6. The molecule has 0 aliphatic heterocycles. The highest BCUT2D eigenvalue weighted by molar-refractivity contribution is 7.11. The summed E-state index contributed by atoms with van der Waals surface area (Å²) < 4.78 is 0. The Kier molecular flexibility index (Phi) is 4.25. The van der Waals surface area contributed by atoms with Gasteiger partial charge in [-0.2, -0.15) is 0 Å². The third-order valence-electron chi connectivity index (χ3n) is 2.56. The first-order valence-corrected chi connectivity index (χ1v) is 6.53. The highest BCUT2D eigenvalue weighted by Crippen LogP contribution is 2.06. The molecular formula is C13H12N2O3S. The summed E-state index contributed by atoms with van der Waals surface area (Å²) in [5.74, 6) is -1.07. The Bertz CT molecular complexity index is 564. The van der Waals surface area contributed by atoms with Crippen molar-refractivity contribution in [2.75, 3.05) is 6.54 Å². The van der Waals surface area contributed by atoms with Crippen LogP contribution in [-0.2, 0) is 6.42 Å². The fourth-order valence-electron chi connectivity index (χ4n) is 1.55. The number of carbonyl (C=O) groups excluding carboxylic acids is 1. The Morgan fingerprint density at radius 2 is 2.00 bits per heavy atom. The molecule has 98 valence electrons. The molecule has 0 atom stereocenters. The van der Waals surface area contributed by atoms with Crippen LogP contribution in [0.15, 0.2) is 36.0 Å². The summed E-state index contributed by atoms with van der Waals surface area (Å²) in [6, 6.07) is 6.62. The predicted octanol–water partition coefficient (Wildman–Crippen LogP) is 1.81. The van der Waals surface area contributed by atoms with Crippen LogP contribution in [0.2, 0.25) is 0 Å². The van der Waals surface area contributed by atoms with Crippen LogP contribution in [0, 0.1) is 0 Å². The van der Waals surface area contributed by atoms with Gasteiger partial charge in [-0.15, -0.1) is 11.3 Å². The van der Waals surface area contributed by atoms with Crippen molar-refractivity contribution >= 4 is 23.2 Å². The van der Waals surface area contributed by atoms with Gasteiger partial charge >= 0.3 is 5.97 Å². The Morgan fingerprint density at radius 3 is 2.58 bits per heavy atom. The molecule has 1 heterocycles. The van der Waals surface area contributed by atoms with E-state index >= 15 is 0 Å². The number of aromatic nitrogens is 1. The lowest BCUT2D eigenvalue weighted by molar-refractivity contribution is 0.0696. The number of carbonyl (C=O) groups is 2. The van der Waals surface area contributed by atoms with Crippen molar-refractivity contribution in [3.63, 3.8) is 0 Å². The molecule has 5 nitrogen and oxygen atoms in total. The number of aromatic carboxylic acids is 1. The lowest BCUT2D eigenvalue weighted by Crippen LogP contribution is -2.24. The van der Waals surface area contributed by atoms with E-state index in [0.717, 1.165) is 5.56 Å². The van der Waals surface area contributed by atoms with Crippen molar-refractivity contribution in [1.82, 2.24) is 10.3 Å². The molecule has 0 aliphatic rings. The van der Waals surface area contributed by atoms with E-state index in [-0.39, 0.29) is 11.5 Å². The zero-order valence-corrected chi connectivity index (χ0v) is 10.8. The Hall–Kier alpha value is -2.21. The SMILES string of the molecule is O=C(O)c1ccc(CCNC(=O)c2cncs2)cc1. The summed E-state index contributed by atoms with van der Waals surface area (Å²) in [4.78, 5) is 26.7. The van der Waals surface area contributed by atoms with Crippen LogP contribution in [0.1, 0.15) is 25.6 Å². The minimum absolute atomic E-state index is 0.135. The number of carboxylic acids is 1. The highest BCUT2D eigenvalue weighted by Gasteiger charge is 2.06. The molecule has 2 aromatic rings. The molecule has 1 aromatic heterocycles. The van der Waals surface area contributed by atoms with Gasteiger partial charge in [0.25, 0.3) is 5.91 Å². The molecule has 2 rings (SSSR count). The van der Waals surface area contributed by atoms with Crippen LogP contribution < -0.4 is 5.32 Å². The second-order valence-electron chi connectivity index (χ2n) is 3.87. The van der Waals surface area contributed by atoms with Crippen molar-refractivity contribution in [2.24, 2.45) is 0 Å². The standard InChI is InChI=1S/C13H12N2O3S/c16-12(11-7-14-8-19-11)15-6-5-9-1-3-10(4-2-9)13(17)18/h1-4,7-8H,5-6H2,(H,15,16)(H,17,18). The molecule has 0 fully saturated rings. The van der Waals surface area contributed by atoms with E-state index in [0.29, 0.717) is 17.8 Å². The number of nitrogens with one attached hydrogen (secondary N) is 1. The number of carboxylic acid groups (broad SMARTS) is 1. The summed E-state index contributed by atoms with van der Waals surface area (Å²) >= 11 is 1.29. The average Bonchev–Trinajstić information content (AvgIpc) is 2.93. The van der Waals surface area contributed by atoms with Gasteiger partial charge in [-0.25, -0.2) is 4.79 Å². The third-order valence-corrected chi connectivity index (χ3v) is 3.33. The summed E-state index contributed by atoms with van der Waals surface area (Å²) in [6.45, 7) is 0.503. The lowest BCUT2D eigenvalue weighted by Gasteiger charge is -2.04. The molecule has 2 N–H and O–H groups in total. The molecule has 0 radical (unpaired) electrons. The fraction of sp³-hybridized carbons (Fsp3) is 0.154. The smallest absolute Gasteiger partial charge is 0.335 e. The molecule has 0 saturated heterocycles. The molecule has 1 amide bonds. The van der Waals surface area contributed by atoms with Crippen LogP contribution in [0.5, 0.6) is 0 Å². The number of nitrogens with zero attached hydrogens (tertiary/aromatic N) is 1. The Morgan fingerprint density at radius 1 is 1.26 bits per heavy atom. The molecule has 0 saturated carbocycles. The highest BCUT2D eigenvalue weighted by atomic mass is 32.1. The van der Waals surface area contributed by atoms with Gasteiger partial charge in [0.2, 0.25) is 0 Å². The summed E-state index contributed by atoms with van der Waals surface area (Å²) in [7, 11) is 0. The molecule has 0 bridgehead atoms. The minimum atomic E-state index is -0.940. The number of thiazole rings is 1. The number of benzene rings is 1. The van der Waals surface area contributed by atoms with E-state index in [9.17, 15) is 9.59 Å². The second kappa shape index (κ2) is 6.10. The number of rotatable bonds is 5. The number of hydrogen-bond acceptors (Lipinski definition) is 4. The topological polar surface area (TPSA) is 79.3 Å². The van der Waals surface area contributed by atoms with Crippen molar-refractivity contribution in [3.05, 3.63) is 52.0 Å². The first-order valence-electron chi connectivity index (χ1n) is 5.66. The maximum Gasteiger partial charge on any atom is 0.335 e. The predicted molar refractivity (Wildman–Crippen MR) is 71.6 cm³/mol. The van der Waals surface area contributed by atoms with E-state index < -0.39 is 5.97 Å². The minimum Gasteiger partial charge on any atom is -0.478 e. The van der Waals surface area contributed by atoms with E-state index in [1.807, 2.05) is 0 Å². The largest absolute Gasteiger partial charge is 0.478 e. The maximum absolute atomic E-state index is 11.6. The molecule has 19 heavy (non-hydrogen) atoms. The monoisotopic (exact) mass is 276 g/mol. The van der Waals surface area contributed by atoms with Gasteiger partial charge in [0.15, 0.2) is 0 Å². The van der Waals surface area contributed by atoms with Crippen molar-refractivity contribution < 1.29 is 14.7 Å². The summed E-state index contributed by atoms with van der Waals surface area (Å²) in [5.41, 5.74) is 2.85. The van der Waals surface area contributed by atoms with Crippen LogP contribution in [-0.4, -0.2) is 28.5 Å². The molecule has 1 aromatic carbocycles. The van der Waals surface area contributed by atoms with E-state index in [2.05, 4.69) is 10.3 Å². The molecule has 0 spiro atoms. The third kappa shape index (κ3) is 3.62. The summed E-state index contributed by atoms with van der Waals surface area (Å²) in [5, 5.41) is 11.6. The molecule has 6 heteroatoms. The van der Waals surface area contributed by atoms with Gasteiger partial charge in [-0.1, -0.05) is 12.1 Å². The average molecular weight is 276 g/mol. The quantitative estimate of drug-likeness (QED) is 0.873. The van der Waals surface area contributed by atoms with Gasteiger partial charge < -0.3 is 10.4 Å². The fourth-order valence-corrected chi connectivity index (χ4v) is 2.09. The van der Waals surface area contributed by atoms with Crippen molar-refractivity contribution in [3.8, 4) is 0 Å². The molecule has 0 aliphatic carbocycles. The summed E-state index contributed by atoms with van der Waals surface area (Å²) in [6.07, 6.45) is 2.19. The normalized spacial score (nSPS) is 10.1. The Labute approximate surface area is 113 Å². The lowest BCUT2D eigenvalue weighted by atomic mass is 10.1. The van der Waals surface area contributed by atoms with Crippen molar-refractivity contribution in [2.45, 2.75) is 6.42 Å². The van der Waals surface area contributed by atoms with Gasteiger partial charge in [0.05, 0.1) is 17.3 Å². The van der Waals surface area contributed by atoms with E-state index in [1.165, 1.54) is 17.5 Å². The zero-order chi connectivity index (χ0) is 13.7. The first-order chi connectivity index (χ1) is 9.16.